The summed E-state index contributed by atoms with van der Waals surface area (Å²) < 4.78 is 0. The summed E-state index contributed by atoms with van der Waals surface area (Å²) in [5.41, 5.74) is 12.1. The molecule has 0 heterocycles. The van der Waals surface area contributed by atoms with E-state index in [9.17, 15) is 0 Å². The number of benzene rings is 5. The molecule has 0 N–H and O–H groups in total. The minimum absolute atomic E-state index is 0.552. The van der Waals surface area contributed by atoms with Gasteiger partial charge in [0, 0.05) is 91.5 Å². The van der Waals surface area contributed by atoms with Gasteiger partial charge in [-0.25, -0.2) is 0 Å². The minimum Gasteiger partial charge on any atom is -0.375 e. The van der Waals surface area contributed by atoms with Gasteiger partial charge in [0.15, 0.2) is 0 Å². The molecule has 0 spiro atoms. The first-order chi connectivity index (χ1) is 28.8. The molecule has 1 unspecified atom stereocenters. The molecule has 0 bridgehead atoms. The summed E-state index contributed by atoms with van der Waals surface area (Å²) in [4.78, 5) is 12.1. The quantitative estimate of drug-likeness (QED) is 0.0583. The van der Waals surface area contributed by atoms with Gasteiger partial charge in [-0.15, -0.1) is 0 Å². The molecule has 5 heteroatoms. The van der Waals surface area contributed by atoms with Crippen LogP contribution in [-0.2, 0) is 0 Å². The van der Waals surface area contributed by atoms with Gasteiger partial charge in [0.2, 0.25) is 0 Å². The Morgan fingerprint density at radius 3 is 0.932 bits per heavy atom. The van der Waals surface area contributed by atoms with Gasteiger partial charge in [0.1, 0.15) is 0 Å². The highest BCUT2D eigenvalue weighted by atomic mass is 15.2. The number of rotatable bonds is 25. The lowest BCUT2D eigenvalue weighted by atomic mass is 9.95. The molecule has 59 heavy (non-hydrogen) atoms. The average molecular weight is 794 g/mol. The first kappa shape index (κ1) is 45.2. The first-order valence-corrected chi connectivity index (χ1v) is 23.1. The summed E-state index contributed by atoms with van der Waals surface area (Å²) in [6.07, 6.45) is 13.3. The van der Waals surface area contributed by atoms with Gasteiger partial charge in [0.25, 0.3) is 0 Å². The lowest BCUT2D eigenvalue weighted by molar-refractivity contribution is 0.624. The van der Waals surface area contributed by atoms with Crippen LogP contribution < -0.4 is 24.5 Å². The van der Waals surface area contributed by atoms with Gasteiger partial charge in [-0.05, 0) is 153 Å². The molecular weight excluding hydrogens is 719 g/mol. The maximum absolute atomic E-state index is 2.57. The largest absolute Gasteiger partial charge is 0.375 e. The maximum Gasteiger partial charge on any atom is 0.0463 e. The Morgan fingerprint density at radius 2 is 0.610 bits per heavy atom. The van der Waals surface area contributed by atoms with E-state index in [2.05, 4.69) is 201 Å². The third-order valence-corrected chi connectivity index (χ3v) is 11.9. The van der Waals surface area contributed by atoms with Gasteiger partial charge < -0.3 is 24.5 Å². The van der Waals surface area contributed by atoms with Crippen LogP contribution in [0.2, 0.25) is 0 Å². The zero-order chi connectivity index (χ0) is 42.0. The molecular formula is C54H75N5. The number of unbranched alkanes of at least 4 members (excludes halogenated alkanes) is 5. The Bertz CT molecular complexity index is 1820. The lowest BCUT2D eigenvalue weighted by Crippen LogP contribution is -2.25. The molecule has 0 aromatic heterocycles. The average Bonchev–Trinajstić information content (AvgIpc) is 3.28. The lowest BCUT2D eigenvalue weighted by Gasteiger charge is -2.30. The summed E-state index contributed by atoms with van der Waals surface area (Å²) in [6.45, 7) is 18.0. The summed E-state index contributed by atoms with van der Waals surface area (Å²) in [5.74, 6) is 0.552. The number of hydrogen-bond donors (Lipinski definition) is 0. The smallest absolute Gasteiger partial charge is 0.0463 e. The summed E-state index contributed by atoms with van der Waals surface area (Å²) in [7, 11) is 4.40. The van der Waals surface area contributed by atoms with Crippen molar-refractivity contribution in [1.82, 2.24) is 0 Å². The third-order valence-electron chi connectivity index (χ3n) is 11.9. The number of anilines is 9. The molecule has 5 nitrogen and oxygen atoms in total. The van der Waals surface area contributed by atoms with E-state index in [4.69, 9.17) is 0 Å². The van der Waals surface area contributed by atoms with Gasteiger partial charge in [-0.3, -0.25) is 0 Å². The van der Waals surface area contributed by atoms with E-state index in [1.165, 1.54) is 98.9 Å². The van der Waals surface area contributed by atoms with Crippen molar-refractivity contribution in [2.75, 3.05) is 64.8 Å². The molecule has 0 aliphatic heterocycles. The van der Waals surface area contributed by atoms with Crippen LogP contribution in [0.3, 0.4) is 0 Å². The van der Waals surface area contributed by atoms with E-state index in [-0.39, 0.29) is 0 Å². The topological polar surface area (TPSA) is 16.2 Å². The molecule has 5 aromatic carbocycles. The second-order valence-corrected chi connectivity index (χ2v) is 16.6. The highest BCUT2D eigenvalue weighted by Crippen LogP contribution is 2.41. The van der Waals surface area contributed by atoms with E-state index in [1.54, 1.807) is 0 Å². The Kier molecular flexibility index (Phi) is 18.1. The predicted octanol–water partition coefficient (Wildman–Crippen LogP) is 15.8. The molecule has 0 amide bonds. The second-order valence-electron chi connectivity index (χ2n) is 16.6. The van der Waals surface area contributed by atoms with Crippen LogP contribution in [0.4, 0.5) is 51.2 Å². The standard InChI is InChI=1S/C54H75N5/c1-9-14-19-44(6)45-20-22-49(23-21-45)58(50-30-24-46(25-31-50)55(7)40-15-10-2)53-36-38-54(39-37-53)59(51-32-26-47(27-33-51)56(8)41-16-11-3)52-34-28-48(29-35-52)57(42-17-12-4)43-18-13-5/h20-39,44H,9-19,40-43H2,1-8H3. The van der Waals surface area contributed by atoms with E-state index in [0.717, 1.165) is 54.6 Å². The van der Waals surface area contributed by atoms with Crippen LogP contribution >= 0.6 is 0 Å². The van der Waals surface area contributed by atoms with Crippen molar-refractivity contribution in [2.45, 2.75) is 118 Å². The van der Waals surface area contributed by atoms with Crippen LogP contribution in [0.25, 0.3) is 0 Å². The van der Waals surface area contributed by atoms with Crippen molar-refractivity contribution < 1.29 is 0 Å². The van der Waals surface area contributed by atoms with Crippen molar-refractivity contribution in [3.63, 3.8) is 0 Å². The summed E-state index contributed by atoms with van der Waals surface area (Å²) in [6, 6.07) is 45.9. The highest BCUT2D eigenvalue weighted by molar-refractivity contribution is 5.82. The van der Waals surface area contributed by atoms with E-state index >= 15 is 0 Å². The van der Waals surface area contributed by atoms with E-state index in [1.807, 2.05) is 0 Å². The fourth-order valence-electron chi connectivity index (χ4n) is 7.92. The molecule has 5 rings (SSSR count). The Balaban J connectivity index is 1.53. The van der Waals surface area contributed by atoms with E-state index < -0.39 is 0 Å². The second kappa shape index (κ2) is 23.6. The molecule has 0 radical (unpaired) electrons. The van der Waals surface area contributed by atoms with Crippen LogP contribution in [0.5, 0.6) is 0 Å². The maximum atomic E-state index is 2.57. The van der Waals surface area contributed by atoms with Crippen molar-refractivity contribution in [2.24, 2.45) is 0 Å². The highest BCUT2D eigenvalue weighted by Gasteiger charge is 2.18. The molecule has 0 aliphatic rings. The van der Waals surface area contributed by atoms with Crippen LogP contribution in [-0.4, -0.2) is 40.3 Å². The molecule has 0 saturated carbocycles. The SMILES string of the molecule is CCCCC(C)c1ccc(N(c2ccc(N(C)CCCC)cc2)c2ccc(N(c3ccc(N(C)CCCC)cc3)c3ccc(N(CCCC)CCCC)cc3)cc2)cc1. The van der Waals surface area contributed by atoms with Crippen LogP contribution in [0.15, 0.2) is 121 Å². The zero-order valence-electron chi connectivity index (χ0n) is 38.0. The predicted molar refractivity (Wildman–Crippen MR) is 262 cm³/mol. The monoisotopic (exact) mass is 794 g/mol. The Hall–Kier alpha value is -4.90. The van der Waals surface area contributed by atoms with E-state index in [0.29, 0.717) is 5.92 Å². The van der Waals surface area contributed by atoms with Crippen molar-refractivity contribution in [3.05, 3.63) is 127 Å². The Morgan fingerprint density at radius 1 is 0.339 bits per heavy atom. The molecule has 0 aliphatic carbocycles. The normalized spacial score (nSPS) is 11.7. The van der Waals surface area contributed by atoms with Crippen molar-refractivity contribution in [1.29, 1.82) is 0 Å². The number of hydrogen-bond acceptors (Lipinski definition) is 5. The molecule has 5 aromatic rings. The summed E-state index contributed by atoms with van der Waals surface area (Å²) in [5, 5.41) is 0. The molecule has 1 atom stereocenters. The first-order valence-electron chi connectivity index (χ1n) is 23.1. The summed E-state index contributed by atoms with van der Waals surface area (Å²) >= 11 is 0. The van der Waals surface area contributed by atoms with Gasteiger partial charge in [-0.2, -0.15) is 0 Å². The fourth-order valence-corrected chi connectivity index (χ4v) is 7.92. The van der Waals surface area contributed by atoms with Crippen LogP contribution in [0.1, 0.15) is 124 Å². The number of nitrogens with zero attached hydrogens (tertiary/aromatic N) is 5. The van der Waals surface area contributed by atoms with Gasteiger partial charge in [0.05, 0.1) is 0 Å². The molecule has 0 saturated heterocycles. The van der Waals surface area contributed by atoms with Crippen LogP contribution in [0, 0.1) is 0 Å². The van der Waals surface area contributed by atoms with Crippen molar-refractivity contribution in [3.8, 4) is 0 Å². The molecule has 316 valence electrons. The third kappa shape index (κ3) is 12.6. The van der Waals surface area contributed by atoms with Gasteiger partial charge in [-0.1, -0.05) is 92.2 Å². The zero-order valence-corrected chi connectivity index (χ0v) is 38.0. The van der Waals surface area contributed by atoms with Crippen molar-refractivity contribution >= 4 is 51.2 Å². The van der Waals surface area contributed by atoms with Gasteiger partial charge >= 0.3 is 0 Å². The molecule has 0 fully saturated rings. The fraction of sp³-hybridized carbons (Fsp3) is 0.444. The Labute approximate surface area is 359 Å². The minimum atomic E-state index is 0.552.